The van der Waals surface area contributed by atoms with Crippen LogP contribution in [-0.4, -0.2) is 23.3 Å². The van der Waals surface area contributed by atoms with Gasteiger partial charge >= 0.3 is 0 Å². The zero-order chi connectivity index (χ0) is 14.0. The molecule has 1 aliphatic rings. The van der Waals surface area contributed by atoms with Crippen LogP contribution in [0.25, 0.3) is 0 Å². The zero-order valence-electron chi connectivity index (χ0n) is 10.6. The van der Waals surface area contributed by atoms with Crippen molar-refractivity contribution in [2.24, 2.45) is 0 Å². The van der Waals surface area contributed by atoms with Crippen LogP contribution in [0.1, 0.15) is 26.2 Å². The molecule has 0 aliphatic carbocycles. The fraction of sp³-hybridized carbons (Fsp3) is 0.462. The van der Waals surface area contributed by atoms with Crippen molar-refractivity contribution in [1.82, 2.24) is 0 Å². The number of hydrogen-bond acceptors (Lipinski definition) is 4. The molecule has 1 fully saturated rings. The van der Waals surface area contributed by atoms with Crippen LogP contribution in [-0.2, 0) is 4.79 Å². The molecule has 1 aromatic carbocycles. The highest BCUT2D eigenvalue weighted by Crippen LogP contribution is 2.35. The molecule has 0 aromatic heterocycles. The maximum atomic E-state index is 11.7. The minimum absolute atomic E-state index is 0.0411. The van der Waals surface area contributed by atoms with Crippen molar-refractivity contribution in [1.29, 1.82) is 0 Å². The van der Waals surface area contributed by atoms with Gasteiger partial charge in [0.05, 0.1) is 11.0 Å². The summed E-state index contributed by atoms with van der Waals surface area (Å²) in [5, 5.41) is 11.5. The number of carbonyl (C=O) groups is 1. The quantitative estimate of drug-likeness (QED) is 0.631. The van der Waals surface area contributed by atoms with Crippen molar-refractivity contribution in [3.05, 3.63) is 33.3 Å². The Hall–Kier alpha value is -1.62. The summed E-state index contributed by atoms with van der Waals surface area (Å²) in [7, 11) is 0. The summed E-state index contributed by atoms with van der Waals surface area (Å²) < 4.78 is 0. The summed E-state index contributed by atoms with van der Waals surface area (Å²) in [6, 6.07) is 4.31. The maximum absolute atomic E-state index is 11.7. The van der Waals surface area contributed by atoms with E-state index >= 15 is 0 Å². The first kappa shape index (κ1) is 13.8. The topological polar surface area (TPSA) is 63.5 Å². The average Bonchev–Trinajstić information content (AvgIpc) is 2.38. The van der Waals surface area contributed by atoms with Gasteiger partial charge in [-0.3, -0.25) is 14.9 Å². The van der Waals surface area contributed by atoms with E-state index in [1.54, 1.807) is 12.1 Å². The number of halogens is 1. The lowest BCUT2D eigenvalue weighted by molar-refractivity contribution is -0.384. The van der Waals surface area contributed by atoms with Crippen molar-refractivity contribution < 1.29 is 9.72 Å². The van der Waals surface area contributed by atoms with Gasteiger partial charge in [0, 0.05) is 17.6 Å². The standard InChI is InChI=1S/C13H15ClN2O3/c1-9(17)11-4-2-3-7-15(11)12-6-5-10(14)8-13(12)16(18)19/h5-6,8,11H,2-4,7H2,1H3. The highest BCUT2D eigenvalue weighted by Gasteiger charge is 2.30. The minimum atomic E-state index is -0.451. The number of ketones is 1. The smallest absolute Gasteiger partial charge is 0.294 e. The van der Waals surface area contributed by atoms with Gasteiger partial charge in [-0.05, 0) is 38.3 Å². The molecule has 6 heteroatoms. The minimum Gasteiger partial charge on any atom is -0.356 e. The summed E-state index contributed by atoms with van der Waals surface area (Å²) >= 11 is 5.81. The van der Waals surface area contributed by atoms with Crippen molar-refractivity contribution >= 4 is 28.8 Å². The van der Waals surface area contributed by atoms with Crippen molar-refractivity contribution in [2.75, 3.05) is 11.4 Å². The second-order valence-corrected chi connectivity index (χ2v) is 5.14. The summed E-state index contributed by atoms with van der Waals surface area (Å²) in [6.45, 7) is 2.19. The Morgan fingerprint density at radius 2 is 2.21 bits per heavy atom. The average molecular weight is 283 g/mol. The Morgan fingerprint density at radius 3 is 2.84 bits per heavy atom. The predicted octanol–water partition coefficient (Wildman–Crippen LogP) is 3.20. The lowest BCUT2D eigenvalue weighted by atomic mass is 9.98. The molecule has 0 N–H and O–H groups in total. The number of carbonyl (C=O) groups excluding carboxylic acids is 1. The molecule has 1 saturated heterocycles. The Labute approximate surface area is 116 Å². The second-order valence-electron chi connectivity index (χ2n) is 4.71. The Kier molecular flexibility index (Phi) is 4.04. The van der Waals surface area contributed by atoms with Crippen molar-refractivity contribution in [3.8, 4) is 0 Å². The molecule has 0 bridgehead atoms. The maximum Gasteiger partial charge on any atom is 0.294 e. The van der Waals surface area contributed by atoms with Crippen LogP contribution >= 0.6 is 11.6 Å². The van der Waals surface area contributed by atoms with E-state index in [-0.39, 0.29) is 17.5 Å². The van der Waals surface area contributed by atoms with Crippen LogP contribution < -0.4 is 4.90 Å². The van der Waals surface area contributed by atoms with E-state index in [0.29, 0.717) is 17.3 Å². The molecule has 1 atom stereocenters. The molecule has 5 nitrogen and oxygen atoms in total. The number of rotatable bonds is 3. The van der Waals surface area contributed by atoms with Crippen LogP contribution in [0.4, 0.5) is 11.4 Å². The fourth-order valence-electron chi connectivity index (χ4n) is 2.53. The number of nitrogens with zero attached hydrogens (tertiary/aromatic N) is 2. The summed E-state index contributed by atoms with van der Waals surface area (Å²) in [4.78, 5) is 24.2. The molecule has 0 amide bonds. The number of nitro benzene ring substituents is 1. The van der Waals surface area contributed by atoms with E-state index in [9.17, 15) is 14.9 Å². The first-order valence-corrected chi connectivity index (χ1v) is 6.59. The van der Waals surface area contributed by atoms with E-state index in [4.69, 9.17) is 11.6 Å². The van der Waals surface area contributed by atoms with Crippen LogP contribution in [0, 0.1) is 10.1 Å². The highest BCUT2D eigenvalue weighted by molar-refractivity contribution is 6.30. The third kappa shape index (κ3) is 2.87. The Bertz CT molecular complexity index is 519. The van der Waals surface area contributed by atoms with Crippen LogP contribution in [0.5, 0.6) is 0 Å². The number of Topliss-reactive ketones (excluding diaryl/α,β-unsaturated/α-hetero) is 1. The van der Waals surface area contributed by atoms with Gasteiger partial charge in [0.25, 0.3) is 5.69 Å². The van der Waals surface area contributed by atoms with E-state index in [1.165, 1.54) is 13.0 Å². The van der Waals surface area contributed by atoms with E-state index in [0.717, 1.165) is 19.3 Å². The van der Waals surface area contributed by atoms with Crippen molar-refractivity contribution in [2.45, 2.75) is 32.2 Å². The molecule has 1 heterocycles. The molecular formula is C13H15ClN2O3. The van der Waals surface area contributed by atoms with Gasteiger partial charge in [-0.2, -0.15) is 0 Å². The van der Waals surface area contributed by atoms with E-state index < -0.39 is 4.92 Å². The SMILES string of the molecule is CC(=O)C1CCCCN1c1ccc(Cl)cc1[N+](=O)[O-]. The fourth-order valence-corrected chi connectivity index (χ4v) is 2.69. The molecule has 1 unspecified atom stereocenters. The van der Waals surface area contributed by atoms with Crippen LogP contribution in [0.15, 0.2) is 18.2 Å². The van der Waals surface area contributed by atoms with Crippen LogP contribution in [0.2, 0.25) is 5.02 Å². The normalized spacial score (nSPS) is 19.3. The zero-order valence-corrected chi connectivity index (χ0v) is 11.4. The van der Waals surface area contributed by atoms with Crippen molar-refractivity contribution in [3.63, 3.8) is 0 Å². The lowest BCUT2D eigenvalue weighted by Gasteiger charge is -2.35. The molecule has 19 heavy (non-hydrogen) atoms. The van der Waals surface area contributed by atoms with Gasteiger partial charge in [0.15, 0.2) is 5.78 Å². The Morgan fingerprint density at radius 1 is 1.47 bits per heavy atom. The van der Waals surface area contributed by atoms with E-state index in [2.05, 4.69) is 0 Å². The summed E-state index contributed by atoms with van der Waals surface area (Å²) in [6.07, 6.45) is 2.65. The van der Waals surface area contributed by atoms with Gasteiger partial charge in [0.1, 0.15) is 5.69 Å². The molecule has 0 saturated carbocycles. The van der Waals surface area contributed by atoms with Crippen LogP contribution in [0.3, 0.4) is 0 Å². The number of hydrogen-bond donors (Lipinski definition) is 0. The largest absolute Gasteiger partial charge is 0.356 e. The second kappa shape index (κ2) is 5.57. The third-order valence-corrected chi connectivity index (χ3v) is 3.65. The van der Waals surface area contributed by atoms with Gasteiger partial charge in [0.2, 0.25) is 0 Å². The number of benzene rings is 1. The first-order chi connectivity index (χ1) is 9.00. The lowest BCUT2D eigenvalue weighted by Crippen LogP contribution is -2.44. The number of nitro groups is 1. The third-order valence-electron chi connectivity index (χ3n) is 3.42. The van der Waals surface area contributed by atoms with Gasteiger partial charge in [-0.25, -0.2) is 0 Å². The first-order valence-electron chi connectivity index (χ1n) is 6.21. The molecule has 102 valence electrons. The monoisotopic (exact) mass is 282 g/mol. The number of anilines is 1. The predicted molar refractivity (Wildman–Crippen MR) is 73.8 cm³/mol. The highest BCUT2D eigenvalue weighted by atomic mass is 35.5. The molecule has 0 radical (unpaired) electrons. The van der Waals surface area contributed by atoms with Gasteiger partial charge < -0.3 is 4.90 Å². The number of piperidine rings is 1. The van der Waals surface area contributed by atoms with E-state index in [1.807, 2.05) is 4.90 Å². The molecule has 2 rings (SSSR count). The molecule has 0 spiro atoms. The summed E-state index contributed by atoms with van der Waals surface area (Å²) in [5.74, 6) is 0.0453. The summed E-state index contributed by atoms with van der Waals surface area (Å²) in [5.41, 5.74) is 0.440. The van der Waals surface area contributed by atoms with Gasteiger partial charge in [-0.1, -0.05) is 11.6 Å². The Balaban J connectivity index is 2.44. The molecular weight excluding hydrogens is 268 g/mol. The molecule has 1 aliphatic heterocycles. The molecule has 1 aromatic rings. The van der Waals surface area contributed by atoms with Gasteiger partial charge in [-0.15, -0.1) is 0 Å².